The van der Waals surface area contributed by atoms with E-state index >= 15 is 0 Å². The van der Waals surface area contributed by atoms with Gasteiger partial charge in [0.1, 0.15) is 11.6 Å². The maximum absolute atomic E-state index is 6.25. The number of aromatic nitrogens is 1. The molecular weight excluding hydrogens is 313 g/mol. The number of pyridine rings is 1. The molecule has 2 rings (SSSR count). The number of rotatable bonds is 5. The third-order valence-electron chi connectivity index (χ3n) is 3.57. The molecule has 0 radical (unpaired) electrons. The zero-order chi connectivity index (χ0) is 14.5. The number of hydrogen-bond acceptors (Lipinski definition) is 4. The first kappa shape index (κ1) is 16.1. The van der Waals surface area contributed by atoms with E-state index in [1.54, 1.807) is 6.07 Å². The van der Waals surface area contributed by atoms with Crippen molar-refractivity contribution in [2.75, 3.05) is 23.4 Å². The van der Waals surface area contributed by atoms with Gasteiger partial charge in [0.2, 0.25) is 0 Å². The predicted molar refractivity (Wildman–Crippen MR) is 91.6 cm³/mol. The average Bonchev–Trinajstić information content (AvgIpc) is 2.44. The minimum absolute atomic E-state index is 0.446. The molecule has 0 amide bonds. The normalized spacial score (nSPS) is 22.6. The average molecular weight is 334 g/mol. The van der Waals surface area contributed by atoms with Crippen LogP contribution in [0.25, 0.3) is 0 Å². The highest BCUT2D eigenvalue weighted by atomic mass is 35.5. The van der Waals surface area contributed by atoms with Crippen molar-refractivity contribution < 1.29 is 0 Å². The topological polar surface area (TPSA) is 37.0 Å². The Morgan fingerprint density at radius 3 is 2.75 bits per heavy atom. The zero-order valence-corrected chi connectivity index (χ0v) is 14.2. The molecule has 0 aliphatic heterocycles. The van der Waals surface area contributed by atoms with Gasteiger partial charge in [-0.3, -0.25) is 0 Å². The van der Waals surface area contributed by atoms with Gasteiger partial charge in [-0.2, -0.15) is 11.8 Å². The van der Waals surface area contributed by atoms with Crippen LogP contribution in [0.3, 0.4) is 0 Å². The minimum Gasteiger partial charge on any atom is -0.369 e. The fourth-order valence-electron chi connectivity index (χ4n) is 2.54. The third-order valence-corrected chi connectivity index (χ3v) is 5.25. The molecule has 1 aromatic rings. The lowest BCUT2D eigenvalue weighted by Gasteiger charge is -2.29. The summed E-state index contributed by atoms with van der Waals surface area (Å²) >= 11 is 14.3. The molecule has 0 aromatic carbocycles. The van der Waals surface area contributed by atoms with Crippen LogP contribution in [0.4, 0.5) is 11.6 Å². The highest BCUT2D eigenvalue weighted by Gasteiger charge is 2.22. The largest absolute Gasteiger partial charge is 0.369 e. The third kappa shape index (κ3) is 4.09. The van der Waals surface area contributed by atoms with Crippen LogP contribution in [0.1, 0.15) is 32.6 Å². The van der Waals surface area contributed by atoms with Crippen LogP contribution in [0.5, 0.6) is 0 Å². The number of anilines is 2. The van der Waals surface area contributed by atoms with Crippen LogP contribution in [0.15, 0.2) is 6.07 Å². The molecule has 0 saturated heterocycles. The summed E-state index contributed by atoms with van der Waals surface area (Å²) in [4.78, 5) is 4.51. The Morgan fingerprint density at radius 1 is 1.30 bits per heavy atom. The molecule has 6 heteroatoms. The molecule has 3 nitrogen and oxygen atoms in total. The molecule has 2 unspecified atom stereocenters. The van der Waals surface area contributed by atoms with E-state index < -0.39 is 0 Å². The summed E-state index contributed by atoms with van der Waals surface area (Å²) in [5.41, 5.74) is 0. The molecule has 20 heavy (non-hydrogen) atoms. The van der Waals surface area contributed by atoms with Crippen molar-refractivity contribution in [2.24, 2.45) is 0 Å². The van der Waals surface area contributed by atoms with Crippen molar-refractivity contribution >= 4 is 46.6 Å². The Balaban J connectivity index is 2.10. The fraction of sp³-hybridized carbons (Fsp3) is 0.643. The molecule has 0 spiro atoms. The highest BCUT2D eigenvalue weighted by Crippen LogP contribution is 2.33. The summed E-state index contributed by atoms with van der Waals surface area (Å²) in [6, 6.07) is 2.20. The van der Waals surface area contributed by atoms with Gasteiger partial charge in [-0.15, -0.1) is 0 Å². The molecule has 1 fully saturated rings. The second-order valence-corrected chi connectivity index (χ2v) is 7.00. The molecule has 1 saturated carbocycles. The summed E-state index contributed by atoms with van der Waals surface area (Å²) in [7, 11) is 0. The number of thioether (sulfide) groups is 1. The van der Waals surface area contributed by atoms with Crippen molar-refractivity contribution in [3.8, 4) is 0 Å². The van der Waals surface area contributed by atoms with Crippen LogP contribution in [-0.4, -0.2) is 29.1 Å². The van der Waals surface area contributed by atoms with E-state index in [1.807, 2.05) is 18.7 Å². The minimum atomic E-state index is 0.446. The SMILES string of the molecule is CCNc1nc(NC2CCCC(SC)C2)c(Cl)cc1Cl. The number of hydrogen-bond donors (Lipinski definition) is 2. The van der Waals surface area contributed by atoms with Crippen molar-refractivity contribution in [3.05, 3.63) is 16.1 Å². The Labute approximate surface area is 135 Å². The number of nitrogens with zero attached hydrogens (tertiary/aromatic N) is 1. The first-order valence-electron chi connectivity index (χ1n) is 7.03. The van der Waals surface area contributed by atoms with Crippen LogP contribution in [0.2, 0.25) is 10.0 Å². The van der Waals surface area contributed by atoms with Crippen LogP contribution >= 0.6 is 35.0 Å². The second-order valence-electron chi connectivity index (χ2n) is 5.05. The van der Waals surface area contributed by atoms with Gasteiger partial charge in [-0.25, -0.2) is 4.98 Å². The highest BCUT2D eigenvalue weighted by molar-refractivity contribution is 7.99. The lowest BCUT2D eigenvalue weighted by atomic mass is 9.95. The van der Waals surface area contributed by atoms with Gasteiger partial charge >= 0.3 is 0 Å². The van der Waals surface area contributed by atoms with Gasteiger partial charge < -0.3 is 10.6 Å². The molecule has 1 aliphatic carbocycles. The van der Waals surface area contributed by atoms with E-state index in [-0.39, 0.29) is 0 Å². The van der Waals surface area contributed by atoms with Gasteiger partial charge in [-0.1, -0.05) is 29.6 Å². The Bertz CT molecular complexity index is 456. The first-order valence-corrected chi connectivity index (χ1v) is 9.07. The van der Waals surface area contributed by atoms with Gasteiger partial charge in [0, 0.05) is 17.8 Å². The van der Waals surface area contributed by atoms with Crippen LogP contribution in [-0.2, 0) is 0 Å². The molecule has 1 aromatic heterocycles. The van der Waals surface area contributed by atoms with Crippen molar-refractivity contribution in [1.82, 2.24) is 4.98 Å². The van der Waals surface area contributed by atoms with Gasteiger partial charge in [0.25, 0.3) is 0 Å². The van der Waals surface area contributed by atoms with Crippen LogP contribution in [0, 0.1) is 0 Å². The molecule has 2 atom stereocenters. The van der Waals surface area contributed by atoms with Gasteiger partial charge in [-0.05, 0) is 38.5 Å². The van der Waals surface area contributed by atoms with E-state index in [0.717, 1.165) is 17.6 Å². The van der Waals surface area contributed by atoms with E-state index in [0.29, 0.717) is 21.9 Å². The molecule has 1 heterocycles. The second kappa shape index (κ2) is 7.62. The summed E-state index contributed by atoms with van der Waals surface area (Å²) in [6.07, 6.45) is 7.09. The van der Waals surface area contributed by atoms with Crippen molar-refractivity contribution in [1.29, 1.82) is 0 Å². The smallest absolute Gasteiger partial charge is 0.147 e. The van der Waals surface area contributed by atoms with Gasteiger partial charge in [0.05, 0.1) is 10.0 Å². The van der Waals surface area contributed by atoms with E-state index in [1.165, 1.54) is 25.7 Å². The standard InChI is InChI=1S/C14H21Cl2N3S/c1-3-17-13-11(15)8-12(16)14(19-13)18-9-5-4-6-10(7-9)20-2/h8-10H,3-7H2,1-2H3,(H2,17,18,19). The quantitative estimate of drug-likeness (QED) is 0.802. The summed E-state index contributed by atoms with van der Waals surface area (Å²) in [5, 5.41) is 8.52. The first-order chi connectivity index (χ1) is 9.63. The fourth-order valence-corrected chi connectivity index (χ4v) is 3.85. The molecular formula is C14H21Cl2N3S. The lowest BCUT2D eigenvalue weighted by Crippen LogP contribution is -2.29. The maximum atomic E-state index is 6.25. The molecule has 1 aliphatic rings. The molecule has 112 valence electrons. The lowest BCUT2D eigenvalue weighted by molar-refractivity contribution is 0.473. The van der Waals surface area contributed by atoms with E-state index in [4.69, 9.17) is 23.2 Å². The monoisotopic (exact) mass is 333 g/mol. The van der Waals surface area contributed by atoms with Crippen molar-refractivity contribution in [2.45, 2.75) is 43.9 Å². The Morgan fingerprint density at radius 2 is 2.05 bits per heavy atom. The number of halogens is 2. The molecule has 2 N–H and O–H groups in total. The summed E-state index contributed by atoms with van der Waals surface area (Å²) in [6.45, 7) is 2.80. The van der Waals surface area contributed by atoms with Gasteiger partial charge in [0.15, 0.2) is 0 Å². The number of nitrogens with one attached hydrogen (secondary N) is 2. The molecule has 0 bridgehead atoms. The Kier molecular flexibility index (Phi) is 6.12. The maximum Gasteiger partial charge on any atom is 0.147 e. The zero-order valence-electron chi connectivity index (χ0n) is 11.9. The Hall–Kier alpha value is -0.320. The predicted octanol–water partition coefficient (Wildman–Crippen LogP) is 4.91. The van der Waals surface area contributed by atoms with E-state index in [2.05, 4.69) is 21.9 Å². The van der Waals surface area contributed by atoms with E-state index in [9.17, 15) is 0 Å². The van der Waals surface area contributed by atoms with Crippen molar-refractivity contribution in [3.63, 3.8) is 0 Å². The summed E-state index contributed by atoms with van der Waals surface area (Å²) in [5.74, 6) is 1.43. The van der Waals surface area contributed by atoms with Crippen LogP contribution < -0.4 is 10.6 Å². The summed E-state index contributed by atoms with van der Waals surface area (Å²) < 4.78 is 0.